The molecule has 3 heterocycles. The van der Waals surface area contributed by atoms with E-state index in [0.29, 0.717) is 11.7 Å². The van der Waals surface area contributed by atoms with E-state index in [2.05, 4.69) is 30.5 Å². The third-order valence-electron chi connectivity index (χ3n) is 5.64. The minimum absolute atomic E-state index is 0.0162. The maximum atomic E-state index is 12.8. The molecule has 9 heteroatoms. The number of nitrogens with one attached hydrogen (secondary N) is 2. The second-order valence-electron chi connectivity index (χ2n) is 8.35. The monoisotopic (exact) mass is 464 g/mol. The summed E-state index contributed by atoms with van der Waals surface area (Å²) in [6, 6.07) is 9.85. The Labute approximate surface area is 197 Å². The van der Waals surface area contributed by atoms with Gasteiger partial charge in [-0.05, 0) is 38.3 Å². The summed E-state index contributed by atoms with van der Waals surface area (Å²) >= 11 is 1.43. The van der Waals surface area contributed by atoms with Gasteiger partial charge in [-0.3, -0.25) is 9.59 Å². The Morgan fingerprint density at radius 3 is 2.36 bits per heavy atom. The fraction of sp³-hybridized carbons (Fsp3) is 0.375. The molecule has 0 spiro atoms. The molecule has 1 aliphatic heterocycles. The van der Waals surface area contributed by atoms with Gasteiger partial charge in [0.2, 0.25) is 17.8 Å². The highest BCUT2D eigenvalue weighted by Crippen LogP contribution is 2.27. The summed E-state index contributed by atoms with van der Waals surface area (Å²) in [5, 5.41) is 8.33. The summed E-state index contributed by atoms with van der Waals surface area (Å²) in [7, 11) is 0. The molecule has 33 heavy (non-hydrogen) atoms. The quantitative estimate of drug-likeness (QED) is 0.577. The summed E-state index contributed by atoms with van der Waals surface area (Å²) in [6.07, 6.45) is 1.52. The predicted molar refractivity (Wildman–Crippen MR) is 130 cm³/mol. The average Bonchev–Trinajstić information content (AvgIpc) is 3.26. The standard InChI is InChI=1S/C24H28N6O2S/c1-15-12-16(2)27-23(26-15)30-10-8-20(9-11-30)22(32)29-24-28-21(14-33-24)19-6-4-18(5-7-19)13-25-17(3)31/h4-7,12,14,20H,8-11,13H2,1-3H3,(H,25,31)(H,28,29,32). The normalized spacial score (nSPS) is 14.2. The van der Waals surface area contributed by atoms with Crippen molar-refractivity contribution in [3.63, 3.8) is 0 Å². The molecule has 2 N–H and O–H groups in total. The lowest BCUT2D eigenvalue weighted by atomic mass is 9.96. The molecule has 4 rings (SSSR count). The predicted octanol–water partition coefficient (Wildman–Crippen LogP) is 3.71. The van der Waals surface area contributed by atoms with Gasteiger partial charge in [-0.1, -0.05) is 24.3 Å². The lowest BCUT2D eigenvalue weighted by molar-refractivity contribution is -0.120. The molecule has 172 valence electrons. The van der Waals surface area contributed by atoms with Gasteiger partial charge in [-0.2, -0.15) is 0 Å². The Hall–Kier alpha value is -3.33. The van der Waals surface area contributed by atoms with Crippen molar-refractivity contribution in [1.82, 2.24) is 20.3 Å². The van der Waals surface area contributed by atoms with Crippen LogP contribution in [0.2, 0.25) is 0 Å². The lowest BCUT2D eigenvalue weighted by Crippen LogP contribution is -2.39. The molecular weight excluding hydrogens is 436 g/mol. The van der Waals surface area contributed by atoms with Crippen molar-refractivity contribution in [3.8, 4) is 11.3 Å². The Morgan fingerprint density at radius 2 is 1.73 bits per heavy atom. The third kappa shape index (κ3) is 5.92. The first-order chi connectivity index (χ1) is 15.9. The van der Waals surface area contributed by atoms with E-state index < -0.39 is 0 Å². The molecule has 0 aliphatic carbocycles. The third-order valence-corrected chi connectivity index (χ3v) is 6.40. The second kappa shape index (κ2) is 10.1. The number of hydrogen-bond acceptors (Lipinski definition) is 7. The SMILES string of the molecule is CC(=O)NCc1ccc(-c2csc(NC(=O)C3CCN(c4nc(C)cc(C)n4)CC3)n2)cc1. The van der Waals surface area contributed by atoms with Crippen LogP contribution in [0.3, 0.4) is 0 Å². The fourth-order valence-electron chi connectivity index (χ4n) is 3.88. The summed E-state index contributed by atoms with van der Waals surface area (Å²) in [6.45, 7) is 7.47. The molecule has 8 nitrogen and oxygen atoms in total. The largest absolute Gasteiger partial charge is 0.352 e. The fourth-order valence-corrected chi connectivity index (χ4v) is 4.60. The van der Waals surface area contributed by atoms with Crippen LogP contribution in [0.25, 0.3) is 11.3 Å². The van der Waals surface area contributed by atoms with Gasteiger partial charge in [0.25, 0.3) is 0 Å². The van der Waals surface area contributed by atoms with Gasteiger partial charge in [-0.25, -0.2) is 15.0 Å². The number of aromatic nitrogens is 3. The Balaban J connectivity index is 1.31. The molecule has 2 aromatic heterocycles. The summed E-state index contributed by atoms with van der Waals surface area (Å²) in [4.78, 5) is 39.7. The topological polar surface area (TPSA) is 100 Å². The van der Waals surface area contributed by atoms with Gasteiger partial charge < -0.3 is 15.5 Å². The molecule has 0 atom stereocenters. The van der Waals surface area contributed by atoms with Gasteiger partial charge in [-0.15, -0.1) is 11.3 Å². The molecule has 1 aromatic carbocycles. The number of piperidine rings is 1. The lowest BCUT2D eigenvalue weighted by Gasteiger charge is -2.31. The van der Waals surface area contributed by atoms with Crippen LogP contribution >= 0.6 is 11.3 Å². The Bertz CT molecular complexity index is 1120. The van der Waals surface area contributed by atoms with Gasteiger partial charge in [0.15, 0.2) is 5.13 Å². The van der Waals surface area contributed by atoms with Crippen molar-refractivity contribution >= 4 is 34.2 Å². The maximum Gasteiger partial charge on any atom is 0.229 e. The van der Waals surface area contributed by atoms with Crippen LogP contribution in [0, 0.1) is 19.8 Å². The second-order valence-corrected chi connectivity index (χ2v) is 9.20. The van der Waals surface area contributed by atoms with Crippen LogP contribution < -0.4 is 15.5 Å². The minimum atomic E-state index is -0.0526. The van der Waals surface area contributed by atoms with Crippen LogP contribution in [0.4, 0.5) is 11.1 Å². The summed E-state index contributed by atoms with van der Waals surface area (Å²) < 4.78 is 0. The van der Waals surface area contributed by atoms with E-state index in [-0.39, 0.29) is 17.7 Å². The Kier molecular flexibility index (Phi) is 6.98. The number of benzene rings is 1. The zero-order valence-electron chi connectivity index (χ0n) is 19.1. The summed E-state index contributed by atoms with van der Waals surface area (Å²) in [5.74, 6) is 0.664. The van der Waals surface area contributed by atoms with E-state index in [1.54, 1.807) is 0 Å². The van der Waals surface area contributed by atoms with Crippen molar-refractivity contribution in [1.29, 1.82) is 0 Å². The van der Waals surface area contributed by atoms with Gasteiger partial charge >= 0.3 is 0 Å². The number of thiazole rings is 1. The number of anilines is 2. The molecule has 1 fully saturated rings. The van der Waals surface area contributed by atoms with Crippen molar-refractivity contribution in [2.75, 3.05) is 23.3 Å². The van der Waals surface area contributed by atoms with E-state index in [4.69, 9.17) is 0 Å². The minimum Gasteiger partial charge on any atom is -0.352 e. The molecule has 1 saturated heterocycles. The van der Waals surface area contributed by atoms with E-state index in [1.165, 1.54) is 18.3 Å². The zero-order chi connectivity index (χ0) is 23.4. The number of rotatable bonds is 6. The number of amides is 2. The van der Waals surface area contributed by atoms with E-state index >= 15 is 0 Å². The van der Waals surface area contributed by atoms with Crippen molar-refractivity contribution in [2.45, 2.75) is 40.2 Å². The van der Waals surface area contributed by atoms with Crippen molar-refractivity contribution in [2.24, 2.45) is 5.92 Å². The number of carbonyl (C=O) groups excluding carboxylic acids is 2. The van der Waals surface area contributed by atoms with Crippen LogP contribution in [0.5, 0.6) is 0 Å². The highest BCUT2D eigenvalue weighted by Gasteiger charge is 2.27. The average molecular weight is 465 g/mol. The molecule has 2 amide bonds. The van der Waals surface area contributed by atoms with Gasteiger partial charge in [0, 0.05) is 54.8 Å². The first-order valence-electron chi connectivity index (χ1n) is 11.0. The molecular formula is C24H28N6O2S. The number of nitrogens with zero attached hydrogens (tertiary/aromatic N) is 4. The first kappa shape index (κ1) is 22.8. The molecule has 3 aromatic rings. The summed E-state index contributed by atoms with van der Waals surface area (Å²) in [5.41, 5.74) is 4.73. The van der Waals surface area contributed by atoms with E-state index in [0.717, 1.165) is 60.1 Å². The van der Waals surface area contributed by atoms with Crippen LogP contribution in [0.15, 0.2) is 35.7 Å². The molecule has 0 unspecified atom stereocenters. The van der Waals surface area contributed by atoms with Crippen LogP contribution in [-0.4, -0.2) is 39.9 Å². The van der Waals surface area contributed by atoms with E-state index in [9.17, 15) is 9.59 Å². The van der Waals surface area contributed by atoms with Crippen LogP contribution in [-0.2, 0) is 16.1 Å². The number of carbonyl (C=O) groups is 2. The molecule has 1 aliphatic rings. The maximum absolute atomic E-state index is 12.8. The van der Waals surface area contributed by atoms with Gasteiger partial charge in [0.05, 0.1) is 5.69 Å². The smallest absolute Gasteiger partial charge is 0.229 e. The number of hydrogen-bond donors (Lipinski definition) is 2. The zero-order valence-corrected chi connectivity index (χ0v) is 19.9. The van der Waals surface area contributed by atoms with E-state index in [1.807, 2.05) is 49.6 Å². The molecule has 0 radical (unpaired) electrons. The Morgan fingerprint density at radius 1 is 1.06 bits per heavy atom. The first-order valence-corrected chi connectivity index (χ1v) is 11.9. The highest BCUT2D eigenvalue weighted by atomic mass is 32.1. The molecule has 0 saturated carbocycles. The van der Waals surface area contributed by atoms with Gasteiger partial charge in [0.1, 0.15) is 0 Å². The number of aryl methyl sites for hydroxylation is 2. The highest BCUT2D eigenvalue weighted by molar-refractivity contribution is 7.14. The van der Waals surface area contributed by atoms with Crippen molar-refractivity contribution < 1.29 is 9.59 Å². The van der Waals surface area contributed by atoms with Crippen molar-refractivity contribution in [3.05, 3.63) is 52.7 Å². The molecule has 0 bridgehead atoms. The van der Waals surface area contributed by atoms with Crippen LogP contribution in [0.1, 0.15) is 36.7 Å².